The van der Waals surface area contributed by atoms with Crippen LogP contribution in [0.25, 0.3) is 0 Å². The molecule has 0 saturated heterocycles. The smallest absolute Gasteiger partial charge is 0.311 e. The van der Waals surface area contributed by atoms with Gasteiger partial charge in [-0.15, -0.1) is 0 Å². The Morgan fingerprint density at radius 1 is 1.00 bits per heavy atom. The number of carbonyl (C=O) groups excluding carboxylic acids is 2. The van der Waals surface area contributed by atoms with Gasteiger partial charge in [0.25, 0.3) is 0 Å². The molecule has 4 nitrogen and oxygen atoms in total. The molecule has 4 bridgehead atoms. The molecule has 25 heavy (non-hydrogen) atoms. The van der Waals surface area contributed by atoms with Crippen molar-refractivity contribution in [2.45, 2.75) is 84.7 Å². The second-order valence-electron chi connectivity index (χ2n) is 9.21. The zero-order valence-corrected chi connectivity index (χ0v) is 16.3. The molecule has 0 spiro atoms. The highest BCUT2D eigenvalue weighted by molar-refractivity contribution is 5.76. The molecule has 4 aliphatic rings. The lowest BCUT2D eigenvalue weighted by Crippen LogP contribution is -2.59. The standard InChI is InChI=1S/C21H34O4/c1-5-20(3,4)19(23)24-8-7-18(22)25-21(6-2)16-10-14-9-15(12-16)13-17(21)11-14/h14-17H,5-13H2,1-4H3. The van der Waals surface area contributed by atoms with Gasteiger partial charge in [0.15, 0.2) is 0 Å². The minimum absolute atomic E-state index is 0.126. The fourth-order valence-corrected chi connectivity index (χ4v) is 5.63. The summed E-state index contributed by atoms with van der Waals surface area (Å²) in [7, 11) is 0. The third kappa shape index (κ3) is 3.46. The Balaban J connectivity index is 1.54. The summed E-state index contributed by atoms with van der Waals surface area (Å²) >= 11 is 0. The summed E-state index contributed by atoms with van der Waals surface area (Å²) in [5.74, 6) is 2.37. The van der Waals surface area contributed by atoms with Crippen molar-refractivity contribution in [3.63, 3.8) is 0 Å². The molecule has 0 N–H and O–H groups in total. The quantitative estimate of drug-likeness (QED) is 0.634. The van der Waals surface area contributed by atoms with E-state index in [0.29, 0.717) is 11.8 Å². The van der Waals surface area contributed by atoms with Crippen molar-refractivity contribution >= 4 is 11.9 Å². The highest BCUT2D eigenvalue weighted by atomic mass is 16.6. The SMILES string of the molecule is CCC(C)(C)C(=O)OCCC(=O)OC1(CC)C2CC3CC(C2)CC1C3. The van der Waals surface area contributed by atoms with Crippen molar-refractivity contribution in [3.05, 3.63) is 0 Å². The second kappa shape index (κ2) is 6.92. The van der Waals surface area contributed by atoms with Crippen LogP contribution < -0.4 is 0 Å². The van der Waals surface area contributed by atoms with E-state index in [-0.39, 0.29) is 30.6 Å². The molecule has 4 rings (SSSR count). The lowest BCUT2D eigenvalue weighted by molar-refractivity contribution is -0.211. The van der Waals surface area contributed by atoms with Gasteiger partial charge >= 0.3 is 11.9 Å². The highest BCUT2D eigenvalue weighted by Gasteiger charge is 2.58. The molecule has 4 fully saturated rings. The predicted molar refractivity (Wildman–Crippen MR) is 95.8 cm³/mol. The number of esters is 2. The molecule has 0 aromatic heterocycles. The van der Waals surface area contributed by atoms with E-state index in [2.05, 4.69) is 6.92 Å². The summed E-state index contributed by atoms with van der Waals surface area (Å²) < 4.78 is 11.4. The van der Waals surface area contributed by atoms with E-state index in [1.54, 1.807) is 0 Å². The number of hydrogen-bond donors (Lipinski definition) is 0. The van der Waals surface area contributed by atoms with Crippen LogP contribution in [0.2, 0.25) is 0 Å². The van der Waals surface area contributed by atoms with Gasteiger partial charge in [-0.25, -0.2) is 0 Å². The van der Waals surface area contributed by atoms with E-state index in [9.17, 15) is 9.59 Å². The van der Waals surface area contributed by atoms with Crippen molar-refractivity contribution in [2.75, 3.05) is 6.61 Å². The maximum Gasteiger partial charge on any atom is 0.311 e. The summed E-state index contributed by atoms with van der Waals surface area (Å²) in [4.78, 5) is 24.5. The maximum absolute atomic E-state index is 12.5. The molecular weight excluding hydrogens is 316 g/mol. The molecular formula is C21H34O4. The zero-order chi connectivity index (χ0) is 18.2. The van der Waals surface area contributed by atoms with Crippen LogP contribution in [0.1, 0.15) is 79.1 Å². The monoisotopic (exact) mass is 350 g/mol. The van der Waals surface area contributed by atoms with Crippen molar-refractivity contribution in [1.29, 1.82) is 0 Å². The first kappa shape index (κ1) is 18.7. The molecule has 0 atom stereocenters. The van der Waals surface area contributed by atoms with Gasteiger partial charge in [0.05, 0.1) is 11.8 Å². The minimum Gasteiger partial charge on any atom is -0.465 e. The van der Waals surface area contributed by atoms with Gasteiger partial charge in [-0.05, 0) is 82.5 Å². The van der Waals surface area contributed by atoms with Crippen molar-refractivity contribution in [2.24, 2.45) is 29.1 Å². The van der Waals surface area contributed by atoms with Crippen molar-refractivity contribution in [3.8, 4) is 0 Å². The van der Waals surface area contributed by atoms with Crippen molar-refractivity contribution in [1.82, 2.24) is 0 Å². The Hall–Kier alpha value is -1.06. The highest BCUT2D eigenvalue weighted by Crippen LogP contribution is 2.60. The van der Waals surface area contributed by atoms with Gasteiger partial charge < -0.3 is 9.47 Å². The van der Waals surface area contributed by atoms with E-state index in [1.165, 1.54) is 32.1 Å². The van der Waals surface area contributed by atoms with Gasteiger partial charge in [-0.2, -0.15) is 0 Å². The van der Waals surface area contributed by atoms with Crippen molar-refractivity contribution < 1.29 is 19.1 Å². The van der Waals surface area contributed by atoms with Crippen LogP contribution in [0.5, 0.6) is 0 Å². The fraction of sp³-hybridized carbons (Fsp3) is 0.905. The average Bonchev–Trinajstić information content (AvgIpc) is 2.57. The molecule has 0 unspecified atom stereocenters. The van der Waals surface area contributed by atoms with Gasteiger partial charge in [0, 0.05) is 0 Å². The Kier molecular flexibility index (Phi) is 5.18. The summed E-state index contributed by atoms with van der Waals surface area (Å²) in [5.41, 5.74) is -0.743. The zero-order valence-electron chi connectivity index (χ0n) is 16.3. The molecule has 142 valence electrons. The third-order valence-corrected chi connectivity index (χ3v) is 7.35. The van der Waals surface area contributed by atoms with Crippen LogP contribution >= 0.6 is 0 Å². The van der Waals surface area contributed by atoms with E-state index in [0.717, 1.165) is 24.7 Å². The number of hydrogen-bond acceptors (Lipinski definition) is 4. The van der Waals surface area contributed by atoms with Crippen LogP contribution in [0, 0.1) is 29.1 Å². The maximum atomic E-state index is 12.5. The van der Waals surface area contributed by atoms with Gasteiger partial charge in [0.1, 0.15) is 12.2 Å². The van der Waals surface area contributed by atoms with Gasteiger partial charge in [0.2, 0.25) is 0 Å². The average molecular weight is 350 g/mol. The lowest BCUT2D eigenvalue weighted by atomic mass is 9.49. The number of rotatable bonds is 7. The molecule has 4 saturated carbocycles. The molecule has 0 radical (unpaired) electrons. The first-order valence-corrected chi connectivity index (χ1v) is 10.2. The minimum atomic E-state index is -0.490. The van der Waals surface area contributed by atoms with Crippen LogP contribution in [-0.4, -0.2) is 24.1 Å². The largest absolute Gasteiger partial charge is 0.465 e. The topological polar surface area (TPSA) is 52.6 Å². The van der Waals surface area contributed by atoms with E-state index >= 15 is 0 Å². The summed E-state index contributed by atoms with van der Waals surface area (Å²) in [6.07, 6.45) is 8.11. The fourth-order valence-electron chi connectivity index (χ4n) is 5.63. The molecule has 4 aliphatic carbocycles. The van der Waals surface area contributed by atoms with Gasteiger partial charge in [-0.1, -0.05) is 13.8 Å². The summed E-state index contributed by atoms with van der Waals surface area (Å²) in [6.45, 7) is 8.00. The molecule has 0 aromatic rings. The predicted octanol–water partition coefficient (Wildman–Crippen LogP) is 4.50. The number of ether oxygens (including phenoxy) is 2. The van der Waals surface area contributed by atoms with E-state index in [4.69, 9.17) is 9.47 Å². The molecule has 0 aromatic carbocycles. The van der Waals surface area contributed by atoms with Crippen LogP contribution in [0.15, 0.2) is 0 Å². The summed E-state index contributed by atoms with van der Waals surface area (Å²) in [6, 6.07) is 0. The first-order valence-electron chi connectivity index (χ1n) is 10.2. The summed E-state index contributed by atoms with van der Waals surface area (Å²) in [5, 5.41) is 0. The Morgan fingerprint density at radius 3 is 2.04 bits per heavy atom. The van der Waals surface area contributed by atoms with E-state index in [1.807, 2.05) is 20.8 Å². The molecule has 0 amide bonds. The Bertz CT molecular complexity index is 494. The van der Waals surface area contributed by atoms with Gasteiger partial charge in [-0.3, -0.25) is 9.59 Å². The third-order valence-electron chi connectivity index (χ3n) is 7.35. The Labute approximate surface area is 152 Å². The second-order valence-corrected chi connectivity index (χ2v) is 9.21. The lowest BCUT2D eigenvalue weighted by Gasteiger charge is -2.60. The first-order chi connectivity index (χ1) is 11.8. The van der Waals surface area contributed by atoms with E-state index < -0.39 is 5.41 Å². The molecule has 4 heteroatoms. The molecule has 0 heterocycles. The molecule has 0 aliphatic heterocycles. The van der Waals surface area contributed by atoms with Crippen LogP contribution in [0.3, 0.4) is 0 Å². The van der Waals surface area contributed by atoms with Crippen LogP contribution in [-0.2, 0) is 19.1 Å². The van der Waals surface area contributed by atoms with Crippen LogP contribution in [0.4, 0.5) is 0 Å². The number of carbonyl (C=O) groups is 2. The normalized spacial score (nSPS) is 36.3. The Morgan fingerprint density at radius 2 is 1.56 bits per heavy atom.